The molecule has 0 aromatic heterocycles. The molecule has 0 bridgehead atoms. The van der Waals surface area contributed by atoms with Crippen LogP contribution in [0.4, 0.5) is 0 Å². The highest BCUT2D eigenvalue weighted by Gasteiger charge is 2.22. The van der Waals surface area contributed by atoms with Crippen molar-refractivity contribution in [1.29, 1.82) is 0 Å². The highest BCUT2D eigenvalue weighted by molar-refractivity contribution is 9.10. The number of likely N-dealkylation sites (N-methyl/N-ethyl adjacent to an activating group) is 1. The SMILES string of the molecule is CCN(CC)C(=O)CN1CCN(Cc2cc3c(cc2Br)OCO3)CC1. The van der Waals surface area contributed by atoms with E-state index >= 15 is 0 Å². The van der Waals surface area contributed by atoms with Gasteiger partial charge in [-0.05, 0) is 31.5 Å². The molecule has 2 aliphatic heterocycles. The molecule has 0 saturated carbocycles. The summed E-state index contributed by atoms with van der Waals surface area (Å²) >= 11 is 3.63. The number of hydrogen-bond acceptors (Lipinski definition) is 5. The molecule has 0 radical (unpaired) electrons. The van der Waals surface area contributed by atoms with E-state index in [2.05, 4.69) is 31.8 Å². The number of halogens is 1. The first-order valence-corrected chi connectivity index (χ1v) is 9.70. The van der Waals surface area contributed by atoms with Gasteiger partial charge in [0.2, 0.25) is 12.7 Å². The molecule has 6 nitrogen and oxygen atoms in total. The van der Waals surface area contributed by atoms with Crippen LogP contribution >= 0.6 is 15.9 Å². The summed E-state index contributed by atoms with van der Waals surface area (Å²) in [7, 11) is 0. The number of benzene rings is 1. The van der Waals surface area contributed by atoms with Crippen LogP contribution < -0.4 is 9.47 Å². The van der Waals surface area contributed by atoms with E-state index in [0.29, 0.717) is 13.3 Å². The molecule has 1 aromatic rings. The topological polar surface area (TPSA) is 45.3 Å². The first-order chi connectivity index (χ1) is 12.1. The minimum absolute atomic E-state index is 0.233. The van der Waals surface area contributed by atoms with Crippen molar-refractivity contribution in [3.8, 4) is 11.5 Å². The Kier molecular flexibility index (Phi) is 6.19. The third kappa shape index (κ3) is 4.46. The van der Waals surface area contributed by atoms with Crippen LogP contribution in [-0.4, -0.2) is 73.2 Å². The maximum atomic E-state index is 12.2. The normalized spacial score (nSPS) is 17.7. The molecule has 1 saturated heterocycles. The van der Waals surface area contributed by atoms with E-state index < -0.39 is 0 Å². The van der Waals surface area contributed by atoms with Crippen LogP contribution in [-0.2, 0) is 11.3 Å². The zero-order valence-corrected chi connectivity index (χ0v) is 16.5. The zero-order chi connectivity index (χ0) is 17.8. The van der Waals surface area contributed by atoms with Gasteiger partial charge in [0, 0.05) is 50.3 Å². The van der Waals surface area contributed by atoms with Gasteiger partial charge >= 0.3 is 0 Å². The van der Waals surface area contributed by atoms with Gasteiger partial charge in [-0.2, -0.15) is 0 Å². The smallest absolute Gasteiger partial charge is 0.236 e. The third-order valence-electron chi connectivity index (χ3n) is 4.88. The number of ether oxygens (including phenoxy) is 2. The lowest BCUT2D eigenvalue weighted by Crippen LogP contribution is -2.49. The Bertz CT molecular complexity index is 614. The van der Waals surface area contributed by atoms with Gasteiger partial charge in [0.15, 0.2) is 11.5 Å². The fourth-order valence-electron chi connectivity index (χ4n) is 3.29. The summed E-state index contributed by atoms with van der Waals surface area (Å²) in [4.78, 5) is 18.8. The second-order valence-electron chi connectivity index (χ2n) is 6.42. The van der Waals surface area contributed by atoms with Crippen molar-refractivity contribution in [2.45, 2.75) is 20.4 Å². The Morgan fingerprint density at radius 2 is 1.68 bits per heavy atom. The molecule has 0 N–H and O–H groups in total. The molecule has 0 unspecified atom stereocenters. The first kappa shape index (κ1) is 18.5. The van der Waals surface area contributed by atoms with Crippen LogP contribution in [0.3, 0.4) is 0 Å². The number of piperazine rings is 1. The molecule has 25 heavy (non-hydrogen) atoms. The summed E-state index contributed by atoms with van der Waals surface area (Å²) in [6, 6.07) is 4.04. The largest absolute Gasteiger partial charge is 0.454 e. The third-order valence-corrected chi connectivity index (χ3v) is 5.61. The summed E-state index contributed by atoms with van der Waals surface area (Å²) in [5, 5.41) is 0. The molecular formula is C18H26BrN3O3. The predicted molar refractivity (Wildman–Crippen MR) is 99.9 cm³/mol. The molecule has 138 valence electrons. The van der Waals surface area contributed by atoms with Gasteiger partial charge in [-0.1, -0.05) is 15.9 Å². The van der Waals surface area contributed by atoms with Crippen LogP contribution in [0.25, 0.3) is 0 Å². The Morgan fingerprint density at radius 3 is 2.32 bits per heavy atom. The molecule has 0 atom stereocenters. The number of carbonyl (C=O) groups is 1. The zero-order valence-electron chi connectivity index (χ0n) is 15.0. The Balaban J connectivity index is 1.51. The van der Waals surface area contributed by atoms with Gasteiger partial charge in [0.25, 0.3) is 0 Å². The molecule has 1 aromatic carbocycles. The van der Waals surface area contributed by atoms with Crippen LogP contribution in [0.15, 0.2) is 16.6 Å². The Morgan fingerprint density at radius 1 is 1.08 bits per heavy atom. The number of carbonyl (C=O) groups excluding carboxylic acids is 1. The molecule has 2 aliphatic rings. The minimum Gasteiger partial charge on any atom is -0.454 e. The summed E-state index contributed by atoms with van der Waals surface area (Å²) in [6.45, 7) is 11.1. The molecule has 0 spiro atoms. The molecular weight excluding hydrogens is 386 g/mol. The van der Waals surface area contributed by atoms with Crippen molar-refractivity contribution in [2.24, 2.45) is 0 Å². The van der Waals surface area contributed by atoms with Crippen LogP contribution in [0.1, 0.15) is 19.4 Å². The summed E-state index contributed by atoms with van der Waals surface area (Å²) in [6.07, 6.45) is 0. The number of fused-ring (bicyclic) bond motifs is 1. The molecule has 7 heteroatoms. The lowest BCUT2D eigenvalue weighted by molar-refractivity contribution is -0.132. The highest BCUT2D eigenvalue weighted by Crippen LogP contribution is 2.37. The van der Waals surface area contributed by atoms with E-state index in [4.69, 9.17) is 9.47 Å². The van der Waals surface area contributed by atoms with E-state index in [1.54, 1.807) is 0 Å². The number of nitrogens with zero attached hydrogens (tertiary/aromatic N) is 3. The minimum atomic E-state index is 0.233. The Labute approximate surface area is 157 Å². The van der Waals surface area contributed by atoms with Crippen molar-refractivity contribution < 1.29 is 14.3 Å². The second-order valence-corrected chi connectivity index (χ2v) is 7.27. The molecule has 3 rings (SSSR count). The number of hydrogen-bond donors (Lipinski definition) is 0. The van der Waals surface area contributed by atoms with Crippen molar-refractivity contribution in [1.82, 2.24) is 14.7 Å². The lowest BCUT2D eigenvalue weighted by Gasteiger charge is -2.35. The molecule has 2 heterocycles. The van der Waals surface area contributed by atoms with E-state index in [9.17, 15) is 4.79 Å². The van der Waals surface area contributed by atoms with Crippen LogP contribution in [0.5, 0.6) is 11.5 Å². The predicted octanol–water partition coefficient (Wildman–Crippen LogP) is 2.16. The van der Waals surface area contributed by atoms with Gasteiger partial charge in [0.1, 0.15) is 0 Å². The van der Waals surface area contributed by atoms with E-state index in [1.165, 1.54) is 5.56 Å². The van der Waals surface area contributed by atoms with Crippen molar-refractivity contribution in [3.63, 3.8) is 0 Å². The second kappa shape index (κ2) is 8.38. The van der Waals surface area contributed by atoms with Crippen molar-refractivity contribution >= 4 is 21.8 Å². The van der Waals surface area contributed by atoms with Gasteiger partial charge in [-0.15, -0.1) is 0 Å². The monoisotopic (exact) mass is 411 g/mol. The van der Waals surface area contributed by atoms with Gasteiger partial charge in [-0.25, -0.2) is 0 Å². The maximum Gasteiger partial charge on any atom is 0.236 e. The average molecular weight is 412 g/mol. The highest BCUT2D eigenvalue weighted by atomic mass is 79.9. The standard InChI is InChI=1S/C18H26BrN3O3/c1-3-22(4-2)18(23)12-21-7-5-20(6-8-21)11-14-9-16-17(10-15(14)19)25-13-24-16/h9-10H,3-8,11-13H2,1-2H3. The van der Waals surface area contributed by atoms with Gasteiger partial charge < -0.3 is 14.4 Å². The van der Waals surface area contributed by atoms with E-state index in [0.717, 1.165) is 61.8 Å². The summed E-state index contributed by atoms with van der Waals surface area (Å²) in [5.74, 6) is 1.86. The van der Waals surface area contributed by atoms with Gasteiger partial charge in [-0.3, -0.25) is 14.6 Å². The quantitative estimate of drug-likeness (QED) is 0.717. The molecule has 1 amide bonds. The van der Waals surface area contributed by atoms with Crippen molar-refractivity contribution in [3.05, 3.63) is 22.2 Å². The number of amides is 1. The van der Waals surface area contributed by atoms with E-state index in [1.807, 2.05) is 24.8 Å². The van der Waals surface area contributed by atoms with Crippen LogP contribution in [0.2, 0.25) is 0 Å². The number of rotatable bonds is 6. The fourth-order valence-corrected chi connectivity index (χ4v) is 3.74. The Hall–Kier alpha value is -1.31. The molecule has 0 aliphatic carbocycles. The van der Waals surface area contributed by atoms with Crippen molar-refractivity contribution in [2.75, 3.05) is 52.6 Å². The fraction of sp³-hybridized carbons (Fsp3) is 0.611. The van der Waals surface area contributed by atoms with E-state index in [-0.39, 0.29) is 5.91 Å². The van der Waals surface area contributed by atoms with Gasteiger partial charge in [0.05, 0.1) is 6.54 Å². The maximum absolute atomic E-state index is 12.2. The summed E-state index contributed by atoms with van der Waals surface area (Å²) < 4.78 is 11.9. The average Bonchev–Trinajstić information content (AvgIpc) is 3.05. The summed E-state index contributed by atoms with van der Waals surface area (Å²) in [5.41, 5.74) is 1.21. The first-order valence-electron chi connectivity index (χ1n) is 8.91. The lowest BCUT2D eigenvalue weighted by atomic mass is 10.1. The molecule has 1 fully saturated rings. The van der Waals surface area contributed by atoms with Crippen LogP contribution in [0, 0.1) is 0 Å².